The summed E-state index contributed by atoms with van der Waals surface area (Å²) in [5.74, 6) is -1.79. The minimum Gasteiger partial charge on any atom is -0.488 e. The van der Waals surface area contributed by atoms with E-state index in [4.69, 9.17) is 25.1 Å². The summed E-state index contributed by atoms with van der Waals surface area (Å²) in [6.45, 7) is 0.904. The molecule has 3 heterocycles. The predicted molar refractivity (Wildman–Crippen MR) is 164 cm³/mol. The molecule has 0 radical (unpaired) electrons. The van der Waals surface area contributed by atoms with Crippen LogP contribution in [0.15, 0.2) is 36.5 Å². The summed E-state index contributed by atoms with van der Waals surface area (Å²) in [6, 6.07) is 4.20. The van der Waals surface area contributed by atoms with Crippen molar-refractivity contribution in [3.63, 3.8) is 0 Å². The van der Waals surface area contributed by atoms with E-state index in [0.29, 0.717) is 12.1 Å². The van der Waals surface area contributed by atoms with Gasteiger partial charge in [-0.1, -0.05) is 6.92 Å². The molecule has 0 saturated carbocycles. The molecule has 4 rings (SSSR count). The highest BCUT2D eigenvalue weighted by Crippen LogP contribution is 2.46. The molecular weight excluding hydrogens is 680 g/mol. The number of nitrogens with two attached hydrogens (primary N) is 1. The average molecular weight is 716 g/mol. The Labute approximate surface area is 282 Å². The Balaban J connectivity index is 1.79. The Bertz CT molecular complexity index is 1660. The number of unbranched alkanes of at least 4 members (excludes halogenated alkanes) is 1. The SMILES string of the molecule is CC[C@]1(N)C[C@H](c2ncc(OCCO)c(Cc3cc(C(F)(F)F)cc(C(F)(F)F)c3)n2)c2nc(OC)ccc2N1C(=O)OCCCCC(=O)O. The van der Waals surface area contributed by atoms with E-state index in [0.717, 1.165) is 0 Å². The topological polar surface area (TPSA) is 170 Å². The number of carbonyl (C=O) groups excluding carboxylic acids is 1. The zero-order chi connectivity index (χ0) is 36.9. The van der Waals surface area contributed by atoms with E-state index in [9.17, 15) is 41.0 Å². The number of hydrogen-bond donors (Lipinski definition) is 3. The molecule has 2 aromatic heterocycles. The van der Waals surface area contributed by atoms with Gasteiger partial charge in [0.05, 0.1) is 60.6 Å². The van der Waals surface area contributed by atoms with Crippen molar-refractivity contribution in [1.82, 2.24) is 15.0 Å². The largest absolute Gasteiger partial charge is 0.488 e. The van der Waals surface area contributed by atoms with Gasteiger partial charge in [0.15, 0.2) is 5.75 Å². The van der Waals surface area contributed by atoms with Crippen molar-refractivity contribution >= 4 is 17.7 Å². The van der Waals surface area contributed by atoms with Gasteiger partial charge in [0, 0.05) is 18.9 Å². The van der Waals surface area contributed by atoms with Gasteiger partial charge in [0.2, 0.25) is 5.88 Å². The number of aliphatic hydroxyl groups excluding tert-OH is 1. The fourth-order valence-electron chi connectivity index (χ4n) is 5.49. The van der Waals surface area contributed by atoms with Crippen LogP contribution in [-0.2, 0) is 28.3 Å². The maximum absolute atomic E-state index is 13.6. The number of benzene rings is 1. The van der Waals surface area contributed by atoms with Gasteiger partial charge in [-0.25, -0.2) is 19.7 Å². The third kappa shape index (κ3) is 8.90. The van der Waals surface area contributed by atoms with Crippen molar-refractivity contribution in [3.05, 3.63) is 70.4 Å². The summed E-state index contributed by atoms with van der Waals surface area (Å²) in [6.07, 6.45) is -9.75. The minimum atomic E-state index is -5.07. The second-order valence-electron chi connectivity index (χ2n) is 11.5. The molecule has 0 fully saturated rings. The molecular formula is C32H35F6N5O7. The highest BCUT2D eigenvalue weighted by Gasteiger charge is 2.47. The second kappa shape index (κ2) is 15.5. The molecule has 0 spiro atoms. The molecule has 4 N–H and O–H groups in total. The number of anilines is 1. The molecule has 1 aliphatic rings. The minimum absolute atomic E-state index is 0.0198. The number of halogens is 6. The molecule has 1 amide bonds. The van der Waals surface area contributed by atoms with Crippen LogP contribution in [0.25, 0.3) is 0 Å². The summed E-state index contributed by atoms with van der Waals surface area (Å²) in [7, 11) is 1.36. The summed E-state index contributed by atoms with van der Waals surface area (Å²) < 4.78 is 98.0. The lowest BCUT2D eigenvalue weighted by atomic mass is 9.83. The number of aliphatic carboxylic acids is 1. The number of nitrogens with zero attached hydrogens (tertiary/aromatic N) is 4. The first-order valence-corrected chi connectivity index (χ1v) is 15.4. The molecule has 0 unspecified atom stereocenters. The molecule has 12 nitrogen and oxygen atoms in total. The number of aromatic nitrogens is 3. The third-order valence-corrected chi connectivity index (χ3v) is 7.99. The first-order valence-electron chi connectivity index (χ1n) is 15.4. The number of carbonyl (C=O) groups is 2. The third-order valence-electron chi connectivity index (χ3n) is 7.99. The molecule has 50 heavy (non-hydrogen) atoms. The van der Waals surface area contributed by atoms with E-state index >= 15 is 0 Å². The van der Waals surface area contributed by atoms with Crippen molar-refractivity contribution in [1.29, 1.82) is 0 Å². The summed E-state index contributed by atoms with van der Waals surface area (Å²) in [5.41, 5.74) is 2.37. The lowest BCUT2D eigenvalue weighted by molar-refractivity contribution is -0.143. The smallest absolute Gasteiger partial charge is 0.416 e. The van der Waals surface area contributed by atoms with E-state index in [-0.39, 0.29) is 91.5 Å². The van der Waals surface area contributed by atoms with E-state index in [1.54, 1.807) is 6.92 Å². The molecule has 0 aliphatic carbocycles. The molecule has 3 aromatic rings. The van der Waals surface area contributed by atoms with Gasteiger partial charge in [0.25, 0.3) is 0 Å². The first-order chi connectivity index (χ1) is 23.5. The number of amides is 1. The lowest BCUT2D eigenvalue weighted by Crippen LogP contribution is -2.61. The maximum atomic E-state index is 13.6. The van der Waals surface area contributed by atoms with E-state index in [2.05, 4.69) is 15.0 Å². The van der Waals surface area contributed by atoms with Crippen molar-refractivity contribution in [2.45, 2.75) is 69.4 Å². The molecule has 1 aromatic carbocycles. The number of aliphatic hydroxyl groups is 1. The Morgan fingerprint density at radius 1 is 1.04 bits per heavy atom. The number of carboxylic acid groups (broad SMARTS) is 1. The normalized spacial score (nSPS) is 17.6. The number of rotatable bonds is 13. The van der Waals surface area contributed by atoms with Crippen LogP contribution in [0.1, 0.15) is 78.8 Å². The predicted octanol–water partition coefficient (Wildman–Crippen LogP) is 5.68. The first kappa shape index (κ1) is 38.1. The molecule has 2 atom stereocenters. The number of pyridine rings is 1. The summed E-state index contributed by atoms with van der Waals surface area (Å²) in [4.78, 5) is 38.9. The van der Waals surface area contributed by atoms with E-state index in [1.807, 2.05) is 0 Å². The Kier molecular flexibility index (Phi) is 11.8. The van der Waals surface area contributed by atoms with Gasteiger partial charge in [-0.3, -0.25) is 9.69 Å². The lowest BCUT2D eigenvalue weighted by Gasteiger charge is -2.46. The number of ether oxygens (including phenoxy) is 3. The number of carboxylic acids is 1. The zero-order valence-corrected chi connectivity index (χ0v) is 27.0. The molecule has 0 saturated heterocycles. The Hall–Kier alpha value is -4.71. The quantitative estimate of drug-likeness (QED) is 0.147. The van der Waals surface area contributed by atoms with Crippen molar-refractivity contribution in [2.24, 2.45) is 5.73 Å². The molecule has 18 heteroatoms. The molecule has 0 bridgehead atoms. The van der Waals surface area contributed by atoms with Crippen LogP contribution in [0.5, 0.6) is 11.6 Å². The fourth-order valence-corrected chi connectivity index (χ4v) is 5.49. The average Bonchev–Trinajstić information content (AvgIpc) is 3.05. The van der Waals surface area contributed by atoms with Gasteiger partial charge in [0.1, 0.15) is 18.1 Å². The number of fused-ring (bicyclic) bond motifs is 1. The standard InChI is InChI=1S/C32H35F6N5O7/c1-3-30(39)16-21(27-23(7-8-25(42-27)48-2)43(30)29(47)50-10-5-4-6-26(45)46)28-40-17-24(49-11-9-44)22(41-28)14-18-12-19(31(33,34)35)15-20(13-18)32(36,37)38/h7-8,12-13,15,17,21,44H,3-6,9-11,14,16,39H2,1-2H3,(H,45,46)/t21-,30+/m0/s1. The number of hydrogen-bond acceptors (Lipinski definition) is 10. The maximum Gasteiger partial charge on any atom is 0.416 e. The van der Waals surface area contributed by atoms with Crippen LogP contribution in [0, 0.1) is 0 Å². The van der Waals surface area contributed by atoms with Gasteiger partial charge < -0.3 is 30.2 Å². The molecule has 272 valence electrons. The van der Waals surface area contributed by atoms with Crippen LogP contribution < -0.4 is 20.1 Å². The number of methoxy groups -OCH3 is 1. The van der Waals surface area contributed by atoms with Crippen LogP contribution in [0.3, 0.4) is 0 Å². The van der Waals surface area contributed by atoms with Gasteiger partial charge in [-0.05, 0) is 55.5 Å². The van der Waals surface area contributed by atoms with Crippen LogP contribution in [0.2, 0.25) is 0 Å². The van der Waals surface area contributed by atoms with Gasteiger partial charge in [-0.15, -0.1) is 0 Å². The van der Waals surface area contributed by atoms with Crippen molar-refractivity contribution < 1.29 is 60.4 Å². The highest BCUT2D eigenvalue weighted by molar-refractivity contribution is 5.91. The van der Waals surface area contributed by atoms with E-state index < -0.39 is 60.2 Å². The fraction of sp³-hybridized carbons (Fsp3) is 0.469. The van der Waals surface area contributed by atoms with Crippen LogP contribution in [0.4, 0.5) is 36.8 Å². The van der Waals surface area contributed by atoms with Crippen LogP contribution in [-0.4, -0.2) is 69.8 Å². The molecule has 1 aliphatic heterocycles. The Morgan fingerprint density at radius 3 is 2.30 bits per heavy atom. The van der Waals surface area contributed by atoms with Crippen LogP contribution >= 0.6 is 0 Å². The van der Waals surface area contributed by atoms with Crippen molar-refractivity contribution in [2.75, 3.05) is 31.8 Å². The summed E-state index contributed by atoms with van der Waals surface area (Å²) in [5, 5.41) is 18.2. The zero-order valence-electron chi connectivity index (χ0n) is 27.0. The van der Waals surface area contributed by atoms with Crippen molar-refractivity contribution in [3.8, 4) is 11.6 Å². The van der Waals surface area contributed by atoms with E-state index in [1.165, 1.54) is 30.3 Å². The highest BCUT2D eigenvalue weighted by atomic mass is 19.4. The second-order valence-corrected chi connectivity index (χ2v) is 11.5. The summed E-state index contributed by atoms with van der Waals surface area (Å²) >= 11 is 0. The Morgan fingerprint density at radius 2 is 1.72 bits per heavy atom. The van der Waals surface area contributed by atoms with Gasteiger partial charge in [-0.2, -0.15) is 26.3 Å². The van der Waals surface area contributed by atoms with Gasteiger partial charge >= 0.3 is 24.4 Å². The number of alkyl halides is 6. The monoisotopic (exact) mass is 715 g/mol.